The number of hydrogen-bond acceptors (Lipinski definition) is 2. The second-order valence-electron chi connectivity index (χ2n) is 7.26. The molecule has 0 aliphatic carbocycles. The highest BCUT2D eigenvalue weighted by atomic mass is 28.4. The zero-order valence-corrected chi connectivity index (χ0v) is 15.8. The molecule has 2 aromatic carbocycles. The van der Waals surface area contributed by atoms with E-state index in [1.54, 1.807) is 0 Å². The topological polar surface area (TPSA) is 18.5 Å². The fourth-order valence-corrected chi connectivity index (χ4v) is 7.96. The van der Waals surface area contributed by atoms with Gasteiger partial charge in [-0.25, -0.2) is 0 Å². The van der Waals surface area contributed by atoms with Crippen LogP contribution in [0.25, 0.3) is 0 Å². The lowest BCUT2D eigenvalue weighted by Gasteiger charge is -2.44. The molecule has 126 valence electrons. The summed E-state index contributed by atoms with van der Waals surface area (Å²) in [5.74, 6) is 1.08. The van der Waals surface area contributed by atoms with Crippen molar-refractivity contribution in [2.24, 2.45) is 0 Å². The van der Waals surface area contributed by atoms with Crippen LogP contribution in [0.1, 0.15) is 27.2 Å². The van der Waals surface area contributed by atoms with E-state index in [9.17, 15) is 0 Å². The summed E-state index contributed by atoms with van der Waals surface area (Å²) in [4.78, 5) is 0. The molecule has 0 bridgehead atoms. The Hall–Kier alpha value is -1.84. The summed E-state index contributed by atoms with van der Waals surface area (Å²) in [6, 6.07) is 21.5. The lowest BCUT2D eigenvalue weighted by atomic mass is 10.2. The maximum absolute atomic E-state index is 6.94. The van der Waals surface area contributed by atoms with Crippen LogP contribution in [-0.4, -0.2) is 21.5 Å². The van der Waals surface area contributed by atoms with Crippen LogP contribution in [0, 0.1) is 0 Å². The van der Waals surface area contributed by atoms with Crippen LogP contribution in [0.4, 0.5) is 0 Å². The SMILES string of the molecule is CC(C)(C)[Si](OC1=CCOCC1)(c1ccccc1)c1ccccc1. The summed E-state index contributed by atoms with van der Waals surface area (Å²) in [5, 5.41) is 2.64. The Balaban J connectivity index is 2.19. The van der Waals surface area contributed by atoms with Gasteiger partial charge in [-0.15, -0.1) is 0 Å². The van der Waals surface area contributed by atoms with Crippen LogP contribution in [0.5, 0.6) is 0 Å². The molecule has 0 aromatic heterocycles. The fourth-order valence-electron chi connectivity index (χ4n) is 3.45. The molecular formula is C21H26O2Si. The zero-order valence-electron chi connectivity index (χ0n) is 14.8. The third-order valence-electron chi connectivity index (χ3n) is 4.62. The van der Waals surface area contributed by atoms with Gasteiger partial charge in [0.25, 0.3) is 0 Å². The molecule has 1 aliphatic rings. The van der Waals surface area contributed by atoms with Gasteiger partial charge in [-0.3, -0.25) is 0 Å². The normalized spacial score (nSPS) is 15.7. The largest absolute Gasteiger partial charge is 0.537 e. The Kier molecular flexibility index (Phi) is 4.92. The van der Waals surface area contributed by atoms with Crippen molar-refractivity contribution in [3.05, 3.63) is 72.5 Å². The van der Waals surface area contributed by atoms with Crippen molar-refractivity contribution in [2.75, 3.05) is 13.2 Å². The Morgan fingerprint density at radius 1 is 0.875 bits per heavy atom. The van der Waals surface area contributed by atoms with Gasteiger partial charge in [-0.1, -0.05) is 81.4 Å². The third-order valence-corrected chi connectivity index (χ3v) is 9.60. The van der Waals surface area contributed by atoms with E-state index in [-0.39, 0.29) is 5.04 Å². The summed E-state index contributed by atoms with van der Waals surface area (Å²) < 4.78 is 12.4. The minimum absolute atomic E-state index is 0.00878. The average Bonchev–Trinajstić information content (AvgIpc) is 2.61. The van der Waals surface area contributed by atoms with E-state index < -0.39 is 8.32 Å². The van der Waals surface area contributed by atoms with Crippen LogP contribution >= 0.6 is 0 Å². The summed E-state index contributed by atoms with van der Waals surface area (Å²) >= 11 is 0. The van der Waals surface area contributed by atoms with E-state index in [1.807, 2.05) is 0 Å². The van der Waals surface area contributed by atoms with Crippen molar-refractivity contribution >= 4 is 18.7 Å². The predicted octanol–water partition coefficient (Wildman–Crippen LogP) is 3.87. The van der Waals surface area contributed by atoms with E-state index in [0.717, 1.165) is 18.8 Å². The molecule has 0 N–H and O–H groups in total. The van der Waals surface area contributed by atoms with Crippen molar-refractivity contribution < 1.29 is 9.16 Å². The summed E-state index contributed by atoms with van der Waals surface area (Å²) in [7, 11) is -2.46. The maximum Gasteiger partial charge on any atom is 0.319 e. The standard InChI is InChI=1S/C21H26O2Si/c1-21(2,3)24(19-10-6-4-7-11-19,20-12-8-5-9-13-20)23-18-14-16-22-17-15-18/h4-14H,15-17H2,1-3H3. The quantitative estimate of drug-likeness (QED) is 0.788. The van der Waals surface area contributed by atoms with Crippen LogP contribution in [0.3, 0.4) is 0 Å². The molecule has 0 saturated heterocycles. The molecule has 2 aromatic rings. The molecule has 0 amide bonds. The number of hydrogen-bond donors (Lipinski definition) is 0. The molecule has 0 radical (unpaired) electrons. The molecule has 3 rings (SSSR count). The summed E-state index contributed by atoms with van der Waals surface area (Å²) in [5.41, 5.74) is 0. The van der Waals surface area contributed by atoms with E-state index in [0.29, 0.717) is 6.61 Å². The van der Waals surface area contributed by atoms with E-state index in [2.05, 4.69) is 87.5 Å². The molecule has 0 atom stereocenters. The Labute approximate surface area is 146 Å². The van der Waals surface area contributed by atoms with Gasteiger partial charge in [0.05, 0.1) is 19.0 Å². The van der Waals surface area contributed by atoms with Gasteiger partial charge >= 0.3 is 8.32 Å². The first-order valence-corrected chi connectivity index (χ1v) is 10.5. The predicted molar refractivity (Wildman–Crippen MR) is 102 cm³/mol. The highest BCUT2D eigenvalue weighted by Gasteiger charge is 2.52. The van der Waals surface area contributed by atoms with Crippen molar-refractivity contribution in [3.63, 3.8) is 0 Å². The van der Waals surface area contributed by atoms with Crippen molar-refractivity contribution in [1.29, 1.82) is 0 Å². The van der Waals surface area contributed by atoms with Crippen molar-refractivity contribution in [2.45, 2.75) is 32.2 Å². The van der Waals surface area contributed by atoms with Crippen molar-refractivity contribution in [1.82, 2.24) is 0 Å². The van der Waals surface area contributed by atoms with Gasteiger partial charge < -0.3 is 9.16 Å². The highest BCUT2D eigenvalue weighted by Crippen LogP contribution is 2.38. The summed E-state index contributed by atoms with van der Waals surface area (Å²) in [6.07, 6.45) is 2.95. The maximum atomic E-state index is 6.94. The molecule has 0 fully saturated rings. The first-order chi connectivity index (χ1) is 11.5. The van der Waals surface area contributed by atoms with Gasteiger partial charge in [-0.05, 0) is 21.5 Å². The first kappa shape index (κ1) is 17.0. The lowest BCUT2D eigenvalue weighted by molar-refractivity contribution is 0.138. The minimum atomic E-state index is -2.46. The van der Waals surface area contributed by atoms with Gasteiger partial charge in [0.15, 0.2) is 0 Å². The molecule has 1 aliphatic heterocycles. The smallest absolute Gasteiger partial charge is 0.319 e. The molecule has 3 heteroatoms. The molecular weight excluding hydrogens is 312 g/mol. The molecule has 0 unspecified atom stereocenters. The molecule has 24 heavy (non-hydrogen) atoms. The Morgan fingerprint density at radius 3 is 1.83 bits per heavy atom. The molecule has 1 heterocycles. The van der Waals surface area contributed by atoms with Gasteiger partial charge in [0, 0.05) is 6.42 Å². The van der Waals surface area contributed by atoms with Gasteiger partial charge in [0.2, 0.25) is 0 Å². The minimum Gasteiger partial charge on any atom is -0.537 e. The first-order valence-electron chi connectivity index (χ1n) is 8.61. The molecule has 2 nitrogen and oxygen atoms in total. The van der Waals surface area contributed by atoms with E-state index in [4.69, 9.17) is 9.16 Å². The second-order valence-corrected chi connectivity index (χ2v) is 11.5. The van der Waals surface area contributed by atoms with Crippen LogP contribution in [0.15, 0.2) is 72.5 Å². The Morgan fingerprint density at radius 2 is 1.42 bits per heavy atom. The fraction of sp³-hybridized carbons (Fsp3) is 0.333. The van der Waals surface area contributed by atoms with Gasteiger partial charge in [0.1, 0.15) is 0 Å². The highest BCUT2D eigenvalue weighted by molar-refractivity contribution is 6.99. The zero-order chi connectivity index (χ0) is 17.0. The van der Waals surface area contributed by atoms with Crippen molar-refractivity contribution in [3.8, 4) is 0 Å². The van der Waals surface area contributed by atoms with Gasteiger partial charge in [-0.2, -0.15) is 0 Å². The third kappa shape index (κ3) is 3.19. The second kappa shape index (κ2) is 6.95. The molecule has 0 spiro atoms. The monoisotopic (exact) mass is 338 g/mol. The molecule has 0 saturated carbocycles. The van der Waals surface area contributed by atoms with Crippen LogP contribution < -0.4 is 10.4 Å². The van der Waals surface area contributed by atoms with Crippen LogP contribution in [0.2, 0.25) is 5.04 Å². The summed E-state index contributed by atoms with van der Waals surface area (Å²) in [6.45, 7) is 8.30. The number of rotatable bonds is 4. The van der Waals surface area contributed by atoms with E-state index in [1.165, 1.54) is 10.4 Å². The Bertz CT molecular complexity index is 647. The number of benzene rings is 2. The number of ether oxygens (including phenoxy) is 1. The van der Waals surface area contributed by atoms with E-state index >= 15 is 0 Å². The average molecular weight is 339 g/mol. The lowest BCUT2D eigenvalue weighted by Crippen LogP contribution is -2.66. The van der Waals surface area contributed by atoms with Crippen LogP contribution in [-0.2, 0) is 9.16 Å².